The number of rotatable bonds is 4. The highest BCUT2D eigenvalue weighted by atomic mass is 19.4. The fraction of sp³-hybridized carbons (Fsp3) is 0.222. The number of carbonyl (C=O) groups excluding carboxylic acids is 2. The highest BCUT2D eigenvalue weighted by Crippen LogP contribution is 2.44. The SMILES string of the molecule is O=C1N[C@H](c2ccc([N+](=O)[O-])cc2)[C@@H](C(=O)c2ccccc2)[C@](O)(C(F)(F)F)N1. The van der Waals surface area contributed by atoms with Gasteiger partial charge in [0.15, 0.2) is 5.78 Å². The van der Waals surface area contributed by atoms with Crippen LogP contribution in [0.5, 0.6) is 0 Å². The van der Waals surface area contributed by atoms with Gasteiger partial charge in [0.1, 0.15) is 5.92 Å². The monoisotopic (exact) mass is 409 g/mol. The molecule has 3 atom stereocenters. The largest absolute Gasteiger partial charge is 0.437 e. The molecule has 8 nitrogen and oxygen atoms in total. The minimum Gasteiger partial charge on any atom is -0.363 e. The number of nitrogens with zero attached hydrogens (tertiary/aromatic N) is 1. The van der Waals surface area contributed by atoms with Gasteiger partial charge in [-0.15, -0.1) is 0 Å². The Morgan fingerprint density at radius 3 is 2.21 bits per heavy atom. The van der Waals surface area contributed by atoms with E-state index in [9.17, 15) is 38.0 Å². The van der Waals surface area contributed by atoms with E-state index in [1.807, 2.05) is 0 Å². The molecule has 152 valence electrons. The van der Waals surface area contributed by atoms with E-state index < -0.39 is 40.6 Å². The lowest BCUT2D eigenvalue weighted by Crippen LogP contribution is -2.72. The van der Waals surface area contributed by atoms with E-state index >= 15 is 0 Å². The Bertz CT molecular complexity index is 949. The number of benzene rings is 2. The number of nitrogens with one attached hydrogen (secondary N) is 2. The van der Waals surface area contributed by atoms with E-state index in [4.69, 9.17) is 0 Å². The molecule has 1 aliphatic rings. The number of urea groups is 1. The number of hydrogen-bond donors (Lipinski definition) is 3. The van der Waals surface area contributed by atoms with E-state index in [1.54, 1.807) is 6.07 Å². The number of nitro groups is 1. The summed E-state index contributed by atoms with van der Waals surface area (Å²) in [6.45, 7) is 0. The molecule has 2 aromatic carbocycles. The number of aliphatic hydroxyl groups is 1. The molecule has 29 heavy (non-hydrogen) atoms. The molecule has 1 saturated heterocycles. The molecule has 0 aromatic heterocycles. The Balaban J connectivity index is 2.14. The molecular formula is C18H14F3N3O5. The van der Waals surface area contributed by atoms with Crippen molar-refractivity contribution in [1.82, 2.24) is 10.6 Å². The Hall–Kier alpha value is -3.47. The van der Waals surface area contributed by atoms with Gasteiger partial charge in [0.05, 0.1) is 11.0 Å². The molecule has 1 fully saturated rings. The molecule has 0 bridgehead atoms. The summed E-state index contributed by atoms with van der Waals surface area (Å²) < 4.78 is 41.3. The maximum absolute atomic E-state index is 13.8. The molecular weight excluding hydrogens is 395 g/mol. The third-order valence-electron chi connectivity index (χ3n) is 4.61. The van der Waals surface area contributed by atoms with Crippen LogP contribution in [0.2, 0.25) is 0 Å². The summed E-state index contributed by atoms with van der Waals surface area (Å²) in [6.07, 6.45) is -5.38. The first-order chi connectivity index (χ1) is 13.5. The van der Waals surface area contributed by atoms with E-state index in [-0.39, 0.29) is 16.8 Å². The first kappa shape index (κ1) is 20.3. The number of amides is 2. The van der Waals surface area contributed by atoms with E-state index in [1.165, 1.54) is 29.6 Å². The number of ketones is 1. The second-order valence-electron chi connectivity index (χ2n) is 6.40. The average molecular weight is 409 g/mol. The van der Waals surface area contributed by atoms with Gasteiger partial charge in [-0.25, -0.2) is 4.79 Å². The van der Waals surface area contributed by atoms with Crippen LogP contribution in [0.25, 0.3) is 0 Å². The second kappa shape index (κ2) is 7.17. The smallest absolute Gasteiger partial charge is 0.363 e. The van der Waals surface area contributed by atoms with Crippen LogP contribution in [0.3, 0.4) is 0 Å². The predicted molar refractivity (Wildman–Crippen MR) is 92.8 cm³/mol. The fourth-order valence-electron chi connectivity index (χ4n) is 3.20. The highest BCUT2D eigenvalue weighted by Gasteiger charge is 2.66. The van der Waals surface area contributed by atoms with Crippen molar-refractivity contribution >= 4 is 17.5 Å². The molecule has 2 aromatic rings. The van der Waals surface area contributed by atoms with Crippen LogP contribution >= 0.6 is 0 Å². The van der Waals surface area contributed by atoms with E-state index in [0.717, 1.165) is 24.3 Å². The molecule has 0 unspecified atom stereocenters. The van der Waals surface area contributed by atoms with Crippen molar-refractivity contribution in [2.75, 3.05) is 0 Å². The van der Waals surface area contributed by atoms with Gasteiger partial charge in [-0.3, -0.25) is 14.9 Å². The van der Waals surface area contributed by atoms with E-state index in [2.05, 4.69) is 5.32 Å². The van der Waals surface area contributed by atoms with Gasteiger partial charge in [0.25, 0.3) is 5.69 Å². The van der Waals surface area contributed by atoms with Crippen molar-refractivity contribution in [2.24, 2.45) is 5.92 Å². The highest BCUT2D eigenvalue weighted by molar-refractivity contribution is 6.00. The van der Waals surface area contributed by atoms with Crippen molar-refractivity contribution in [3.8, 4) is 0 Å². The van der Waals surface area contributed by atoms with Gasteiger partial charge < -0.3 is 15.7 Å². The topological polar surface area (TPSA) is 122 Å². The Morgan fingerprint density at radius 1 is 1.10 bits per heavy atom. The Kier molecular flexibility index (Phi) is 5.01. The predicted octanol–water partition coefficient (Wildman–Crippen LogP) is 2.70. The average Bonchev–Trinajstić information content (AvgIpc) is 2.67. The van der Waals surface area contributed by atoms with Crippen LogP contribution < -0.4 is 10.6 Å². The zero-order valence-electron chi connectivity index (χ0n) is 14.5. The second-order valence-corrected chi connectivity index (χ2v) is 6.40. The van der Waals surface area contributed by atoms with Crippen LogP contribution in [-0.2, 0) is 0 Å². The van der Waals surface area contributed by atoms with Gasteiger partial charge in [-0.1, -0.05) is 42.5 Å². The molecule has 1 aliphatic heterocycles. The molecule has 3 N–H and O–H groups in total. The molecule has 0 aliphatic carbocycles. The van der Waals surface area contributed by atoms with Crippen LogP contribution in [-0.4, -0.2) is 33.7 Å². The molecule has 3 rings (SSSR count). The van der Waals surface area contributed by atoms with Gasteiger partial charge in [0.2, 0.25) is 5.72 Å². The van der Waals surface area contributed by atoms with Crippen LogP contribution in [0.4, 0.5) is 23.7 Å². The number of hydrogen-bond acceptors (Lipinski definition) is 5. The molecule has 2 amide bonds. The zero-order valence-corrected chi connectivity index (χ0v) is 14.5. The fourth-order valence-corrected chi connectivity index (χ4v) is 3.20. The third kappa shape index (κ3) is 3.63. The third-order valence-corrected chi connectivity index (χ3v) is 4.61. The maximum atomic E-state index is 13.8. The van der Waals surface area contributed by atoms with Crippen LogP contribution in [0, 0.1) is 16.0 Å². The quantitative estimate of drug-likeness (QED) is 0.407. The first-order valence-corrected chi connectivity index (χ1v) is 8.26. The number of carbonyl (C=O) groups is 2. The molecule has 0 spiro atoms. The minimum atomic E-state index is -5.38. The van der Waals surface area contributed by atoms with Crippen molar-refractivity contribution in [1.29, 1.82) is 0 Å². The standard InChI is InChI=1S/C18H14F3N3O5/c19-18(20,21)17(27)13(15(25)11-4-2-1-3-5-11)14(22-16(26)23-17)10-6-8-12(9-7-10)24(28)29/h1-9,13-14,27H,(H2,22,23,26)/t13-,14+,17-/m0/s1. The summed E-state index contributed by atoms with van der Waals surface area (Å²) in [5, 5.41) is 24.9. The number of halogens is 3. The molecule has 1 heterocycles. The lowest BCUT2D eigenvalue weighted by molar-refractivity contribution is -0.384. The summed E-state index contributed by atoms with van der Waals surface area (Å²) >= 11 is 0. The summed E-state index contributed by atoms with van der Waals surface area (Å²) in [4.78, 5) is 35.0. The number of nitro benzene ring substituents is 1. The summed E-state index contributed by atoms with van der Waals surface area (Å²) in [6, 6.07) is 8.36. The Labute approximate surface area is 161 Å². The van der Waals surface area contributed by atoms with Crippen molar-refractivity contribution in [3.63, 3.8) is 0 Å². The van der Waals surface area contributed by atoms with Crippen LogP contribution in [0.15, 0.2) is 54.6 Å². The van der Waals surface area contributed by atoms with Gasteiger partial charge in [0, 0.05) is 17.7 Å². The number of non-ortho nitro benzene ring substituents is 1. The maximum Gasteiger partial charge on any atom is 0.437 e. The first-order valence-electron chi connectivity index (χ1n) is 8.26. The normalized spacial score (nSPS) is 24.3. The van der Waals surface area contributed by atoms with Crippen molar-refractivity contribution in [2.45, 2.75) is 17.9 Å². The van der Waals surface area contributed by atoms with E-state index in [0.29, 0.717) is 0 Å². The zero-order chi connectivity index (χ0) is 21.4. The minimum absolute atomic E-state index is 0.0117. The number of alkyl halides is 3. The van der Waals surface area contributed by atoms with Gasteiger partial charge in [-0.05, 0) is 5.56 Å². The van der Waals surface area contributed by atoms with Gasteiger partial charge in [-0.2, -0.15) is 13.2 Å². The van der Waals surface area contributed by atoms with Gasteiger partial charge >= 0.3 is 12.2 Å². The summed E-state index contributed by atoms with van der Waals surface area (Å²) in [5.41, 5.74) is -4.30. The van der Waals surface area contributed by atoms with Crippen molar-refractivity contribution < 1.29 is 32.8 Å². The molecule has 0 radical (unpaired) electrons. The summed E-state index contributed by atoms with van der Waals surface area (Å²) in [5.74, 6) is -3.26. The number of Topliss-reactive ketones (excluding diaryl/α,β-unsaturated/α-hetero) is 1. The summed E-state index contributed by atoms with van der Waals surface area (Å²) in [7, 11) is 0. The van der Waals surface area contributed by atoms with Crippen LogP contribution in [0.1, 0.15) is 22.0 Å². The lowest BCUT2D eigenvalue weighted by Gasteiger charge is -2.45. The lowest BCUT2D eigenvalue weighted by atomic mass is 9.77. The Morgan fingerprint density at radius 2 is 1.69 bits per heavy atom. The molecule has 0 saturated carbocycles. The molecule has 11 heteroatoms. The van der Waals surface area contributed by atoms with Crippen molar-refractivity contribution in [3.05, 3.63) is 75.8 Å².